The van der Waals surface area contributed by atoms with E-state index in [0.29, 0.717) is 5.56 Å². The molecule has 0 atom stereocenters. The van der Waals surface area contributed by atoms with Gasteiger partial charge >= 0.3 is 0 Å². The fourth-order valence-corrected chi connectivity index (χ4v) is 3.79. The lowest BCUT2D eigenvalue weighted by atomic mass is 10.0. The zero-order chi connectivity index (χ0) is 22.1. The normalized spacial score (nSPS) is 14.0. The van der Waals surface area contributed by atoms with Gasteiger partial charge in [0.1, 0.15) is 11.5 Å². The summed E-state index contributed by atoms with van der Waals surface area (Å²) in [5.41, 5.74) is 9.30. The maximum absolute atomic E-state index is 14.4. The smallest absolute Gasteiger partial charge is 0.190 e. The van der Waals surface area contributed by atoms with Crippen LogP contribution in [0.5, 0.6) is 0 Å². The van der Waals surface area contributed by atoms with Gasteiger partial charge in [0, 0.05) is 43.6 Å². The van der Waals surface area contributed by atoms with Crippen LogP contribution in [-0.2, 0) is 0 Å². The minimum absolute atomic E-state index is 0.115. The molecule has 5 rings (SSSR count). The summed E-state index contributed by atoms with van der Waals surface area (Å²) in [6.45, 7) is 3.75. The Balaban J connectivity index is 1.56. The number of hydrogen-bond acceptors (Lipinski definition) is 7. The summed E-state index contributed by atoms with van der Waals surface area (Å²) in [4.78, 5) is 6.62. The molecule has 0 unspecified atom stereocenters. The SMILES string of the molecule is Nc1ncc(-c2cccc(N3CCNCC3)c2)cc1-c1nnnn1-c1cccc(F)c1F. The fourth-order valence-electron chi connectivity index (χ4n) is 3.79. The van der Waals surface area contributed by atoms with Crippen molar-refractivity contribution in [2.45, 2.75) is 0 Å². The van der Waals surface area contributed by atoms with Gasteiger partial charge in [0.15, 0.2) is 17.5 Å². The number of nitrogen functional groups attached to an aromatic ring is 1. The van der Waals surface area contributed by atoms with E-state index in [1.807, 2.05) is 12.1 Å². The number of pyridine rings is 1. The molecule has 0 spiro atoms. The van der Waals surface area contributed by atoms with Gasteiger partial charge < -0.3 is 16.0 Å². The second-order valence-electron chi connectivity index (χ2n) is 7.43. The molecule has 0 amide bonds. The first kappa shape index (κ1) is 20.0. The maximum Gasteiger partial charge on any atom is 0.190 e. The van der Waals surface area contributed by atoms with Crippen molar-refractivity contribution in [3.63, 3.8) is 0 Å². The van der Waals surface area contributed by atoms with Crippen LogP contribution < -0.4 is 16.0 Å². The number of anilines is 2. The Kier molecular flexibility index (Phi) is 5.20. The van der Waals surface area contributed by atoms with E-state index < -0.39 is 11.6 Å². The summed E-state index contributed by atoms with van der Waals surface area (Å²) < 4.78 is 29.3. The summed E-state index contributed by atoms with van der Waals surface area (Å²) in [5, 5.41) is 14.8. The van der Waals surface area contributed by atoms with Crippen LogP contribution in [-0.4, -0.2) is 51.4 Å². The third-order valence-corrected chi connectivity index (χ3v) is 5.45. The quantitative estimate of drug-likeness (QED) is 0.510. The summed E-state index contributed by atoms with van der Waals surface area (Å²) >= 11 is 0. The monoisotopic (exact) mass is 434 g/mol. The molecular weight excluding hydrogens is 414 g/mol. The summed E-state index contributed by atoms with van der Waals surface area (Å²) in [7, 11) is 0. The Morgan fingerprint density at radius 2 is 1.78 bits per heavy atom. The number of halogens is 2. The van der Waals surface area contributed by atoms with Crippen molar-refractivity contribution in [2.24, 2.45) is 0 Å². The van der Waals surface area contributed by atoms with E-state index >= 15 is 0 Å². The van der Waals surface area contributed by atoms with Gasteiger partial charge in [0.05, 0.1) is 5.56 Å². The lowest BCUT2D eigenvalue weighted by molar-refractivity contribution is 0.501. The lowest BCUT2D eigenvalue weighted by Gasteiger charge is -2.29. The topological polar surface area (TPSA) is 97.8 Å². The van der Waals surface area contributed by atoms with Gasteiger partial charge in [-0.3, -0.25) is 0 Å². The van der Waals surface area contributed by atoms with Gasteiger partial charge in [-0.25, -0.2) is 13.8 Å². The number of benzene rings is 2. The molecule has 1 fully saturated rings. The van der Waals surface area contributed by atoms with Gasteiger partial charge in [0.2, 0.25) is 0 Å². The van der Waals surface area contributed by atoms with Crippen LogP contribution in [0.25, 0.3) is 28.2 Å². The number of aromatic nitrogens is 5. The first-order valence-corrected chi connectivity index (χ1v) is 10.2. The van der Waals surface area contributed by atoms with Crippen molar-refractivity contribution in [1.29, 1.82) is 0 Å². The van der Waals surface area contributed by atoms with Gasteiger partial charge in [0.25, 0.3) is 0 Å². The van der Waals surface area contributed by atoms with Crippen molar-refractivity contribution in [2.75, 3.05) is 36.8 Å². The average Bonchev–Trinajstić information content (AvgIpc) is 3.31. The van der Waals surface area contributed by atoms with E-state index in [1.165, 1.54) is 12.1 Å². The Morgan fingerprint density at radius 1 is 0.969 bits per heavy atom. The number of nitrogens with one attached hydrogen (secondary N) is 1. The third kappa shape index (κ3) is 3.65. The number of tetrazole rings is 1. The number of nitrogens with zero attached hydrogens (tertiary/aromatic N) is 6. The maximum atomic E-state index is 14.4. The van der Waals surface area contributed by atoms with E-state index in [9.17, 15) is 8.78 Å². The fraction of sp³-hybridized carbons (Fsp3) is 0.182. The van der Waals surface area contributed by atoms with Crippen molar-refractivity contribution in [3.8, 4) is 28.2 Å². The molecule has 1 aliphatic heterocycles. The molecular formula is C22H20F2N8. The molecule has 0 bridgehead atoms. The first-order chi connectivity index (χ1) is 15.6. The second kappa shape index (κ2) is 8.31. The number of hydrogen-bond donors (Lipinski definition) is 2. The molecule has 3 heterocycles. The largest absolute Gasteiger partial charge is 0.383 e. The molecule has 2 aromatic heterocycles. The van der Waals surface area contributed by atoms with Crippen LogP contribution in [0.3, 0.4) is 0 Å². The van der Waals surface area contributed by atoms with Crippen LogP contribution in [0.4, 0.5) is 20.3 Å². The minimum atomic E-state index is -1.05. The van der Waals surface area contributed by atoms with Crippen LogP contribution in [0.1, 0.15) is 0 Å². The predicted molar refractivity (Wildman–Crippen MR) is 117 cm³/mol. The summed E-state index contributed by atoms with van der Waals surface area (Å²) in [5.74, 6) is -1.69. The molecule has 3 N–H and O–H groups in total. The second-order valence-corrected chi connectivity index (χ2v) is 7.43. The Bertz CT molecular complexity index is 1270. The van der Waals surface area contributed by atoms with Gasteiger partial charge in [-0.2, -0.15) is 4.68 Å². The lowest BCUT2D eigenvalue weighted by Crippen LogP contribution is -2.43. The third-order valence-electron chi connectivity index (χ3n) is 5.45. The van der Waals surface area contributed by atoms with Crippen molar-refractivity contribution in [1.82, 2.24) is 30.5 Å². The molecule has 32 heavy (non-hydrogen) atoms. The molecule has 8 nitrogen and oxygen atoms in total. The summed E-state index contributed by atoms with van der Waals surface area (Å²) in [6, 6.07) is 13.8. The van der Waals surface area contributed by atoms with E-state index in [2.05, 4.69) is 42.9 Å². The first-order valence-electron chi connectivity index (χ1n) is 10.2. The molecule has 0 saturated carbocycles. The van der Waals surface area contributed by atoms with Crippen molar-refractivity contribution in [3.05, 3.63) is 66.4 Å². The van der Waals surface area contributed by atoms with Crippen LogP contribution >= 0.6 is 0 Å². The zero-order valence-electron chi connectivity index (χ0n) is 17.0. The van der Waals surface area contributed by atoms with E-state index in [0.717, 1.165) is 53.7 Å². The van der Waals surface area contributed by atoms with Crippen molar-refractivity contribution < 1.29 is 8.78 Å². The molecule has 1 saturated heterocycles. The van der Waals surface area contributed by atoms with E-state index in [1.54, 1.807) is 12.3 Å². The number of piperazine rings is 1. The Morgan fingerprint density at radius 3 is 2.62 bits per heavy atom. The van der Waals surface area contributed by atoms with E-state index in [4.69, 9.17) is 5.73 Å². The average molecular weight is 434 g/mol. The molecule has 0 radical (unpaired) electrons. The van der Waals surface area contributed by atoms with Crippen LogP contribution in [0.15, 0.2) is 54.7 Å². The van der Waals surface area contributed by atoms with Crippen LogP contribution in [0.2, 0.25) is 0 Å². The highest BCUT2D eigenvalue weighted by Gasteiger charge is 2.20. The Labute approximate surface area is 182 Å². The predicted octanol–water partition coefficient (Wildman–Crippen LogP) is 2.66. The molecule has 4 aromatic rings. The Hall–Kier alpha value is -3.92. The molecule has 162 valence electrons. The standard InChI is InChI=1S/C22H20F2N8/c23-18-5-2-6-19(20(18)24)32-22(28-29-30-32)17-12-15(13-27-21(17)25)14-3-1-4-16(11-14)31-9-7-26-8-10-31/h1-6,11-13,26H,7-10H2,(H2,25,27). The van der Waals surface area contributed by atoms with Crippen molar-refractivity contribution >= 4 is 11.5 Å². The minimum Gasteiger partial charge on any atom is -0.383 e. The molecule has 1 aliphatic rings. The van der Waals surface area contributed by atoms with Crippen LogP contribution in [0, 0.1) is 11.6 Å². The zero-order valence-corrected chi connectivity index (χ0v) is 17.0. The number of nitrogens with two attached hydrogens (primary N) is 1. The van der Waals surface area contributed by atoms with E-state index in [-0.39, 0.29) is 17.3 Å². The highest BCUT2D eigenvalue weighted by Crippen LogP contribution is 2.31. The summed E-state index contributed by atoms with van der Waals surface area (Å²) in [6.07, 6.45) is 1.67. The van der Waals surface area contributed by atoms with Gasteiger partial charge in [-0.05, 0) is 46.3 Å². The molecule has 2 aromatic carbocycles. The number of rotatable bonds is 4. The molecule has 0 aliphatic carbocycles. The van der Waals surface area contributed by atoms with Gasteiger partial charge in [-0.15, -0.1) is 5.10 Å². The highest BCUT2D eigenvalue weighted by molar-refractivity contribution is 5.77. The highest BCUT2D eigenvalue weighted by atomic mass is 19.2. The van der Waals surface area contributed by atoms with Gasteiger partial charge in [-0.1, -0.05) is 18.2 Å². The molecule has 10 heteroatoms.